The maximum absolute atomic E-state index is 12.0. The number of carboxylic acids is 1. The number of H-pyrrole nitrogens is 1. The number of carbonyl (C=O) groups is 2. The van der Waals surface area contributed by atoms with Crippen LogP contribution in [0.25, 0.3) is 0 Å². The first-order valence-electron chi connectivity index (χ1n) is 6.35. The first-order valence-corrected chi connectivity index (χ1v) is 7.83. The SMILES string of the molecule is CC(C)CNC(=O)C(C)NS(=O)(=O)c1c[nH]c(C(=O)O)c1. The van der Waals surface area contributed by atoms with E-state index in [4.69, 9.17) is 5.11 Å². The molecule has 0 spiro atoms. The van der Waals surface area contributed by atoms with Gasteiger partial charge >= 0.3 is 5.97 Å². The summed E-state index contributed by atoms with van der Waals surface area (Å²) in [5.41, 5.74) is -0.243. The van der Waals surface area contributed by atoms with Gasteiger partial charge in [0.1, 0.15) is 10.6 Å². The van der Waals surface area contributed by atoms with E-state index in [1.165, 1.54) is 6.92 Å². The summed E-state index contributed by atoms with van der Waals surface area (Å²) in [6.07, 6.45) is 1.06. The Balaban J connectivity index is 2.75. The van der Waals surface area contributed by atoms with Gasteiger partial charge in [-0.15, -0.1) is 0 Å². The molecule has 9 heteroatoms. The fraction of sp³-hybridized carbons (Fsp3) is 0.500. The molecule has 1 atom stereocenters. The summed E-state index contributed by atoms with van der Waals surface area (Å²) in [6, 6.07) is 0.0283. The minimum atomic E-state index is -3.96. The molecule has 4 N–H and O–H groups in total. The Morgan fingerprint density at radius 2 is 1.95 bits per heavy atom. The lowest BCUT2D eigenvalue weighted by Crippen LogP contribution is -2.45. The van der Waals surface area contributed by atoms with Crippen molar-refractivity contribution in [3.05, 3.63) is 18.0 Å². The molecule has 1 unspecified atom stereocenters. The number of nitrogens with one attached hydrogen (secondary N) is 3. The Morgan fingerprint density at radius 1 is 1.33 bits per heavy atom. The van der Waals surface area contributed by atoms with Crippen molar-refractivity contribution in [2.24, 2.45) is 5.92 Å². The summed E-state index contributed by atoms with van der Waals surface area (Å²) in [5.74, 6) is -1.46. The minimum Gasteiger partial charge on any atom is -0.477 e. The number of aromatic nitrogens is 1. The van der Waals surface area contributed by atoms with Crippen molar-refractivity contribution in [2.75, 3.05) is 6.54 Å². The Labute approximate surface area is 123 Å². The Kier molecular flexibility index (Phi) is 5.50. The van der Waals surface area contributed by atoms with Crippen LogP contribution in [0.3, 0.4) is 0 Å². The smallest absolute Gasteiger partial charge is 0.352 e. The third kappa shape index (κ3) is 4.87. The van der Waals surface area contributed by atoms with Crippen LogP contribution in [-0.4, -0.2) is 43.0 Å². The molecule has 118 valence electrons. The van der Waals surface area contributed by atoms with Gasteiger partial charge in [-0.2, -0.15) is 4.72 Å². The number of carbonyl (C=O) groups excluding carboxylic acids is 1. The summed E-state index contributed by atoms with van der Waals surface area (Å²) in [6.45, 7) is 5.70. The molecule has 1 rings (SSSR count). The second-order valence-electron chi connectivity index (χ2n) is 5.04. The van der Waals surface area contributed by atoms with Crippen molar-refractivity contribution >= 4 is 21.9 Å². The van der Waals surface area contributed by atoms with E-state index in [0.717, 1.165) is 12.3 Å². The van der Waals surface area contributed by atoms with Gasteiger partial charge in [0.05, 0.1) is 6.04 Å². The topological polar surface area (TPSA) is 128 Å². The number of aromatic carboxylic acids is 1. The van der Waals surface area contributed by atoms with Gasteiger partial charge in [-0.05, 0) is 18.9 Å². The molecule has 0 fully saturated rings. The highest BCUT2D eigenvalue weighted by atomic mass is 32.2. The minimum absolute atomic E-state index is 0.233. The monoisotopic (exact) mass is 317 g/mol. The first-order chi connectivity index (χ1) is 9.63. The van der Waals surface area contributed by atoms with Crippen LogP contribution >= 0.6 is 0 Å². The zero-order chi connectivity index (χ0) is 16.2. The lowest BCUT2D eigenvalue weighted by molar-refractivity contribution is -0.122. The number of carboxylic acid groups (broad SMARTS) is 1. The van der Waals surface area contributed by atoms with E-state index in [-0.39, 0.29) is 16.5 Å². The highest BCUT2D eigenvalue weighted by Crippen LogP contribution is 2.11. The molecule has 0 radical (unpaired) electrons. The predicted molar refractivity (Wildman–Crippen MR) is 75.4 cm³/mol. The van der Waals surface area contributed by atoms with E-state index in [0.29, 0.717) is 6.54 Å². The van der Waals surface area contributed by atoms with Gasteiger partial charge in [0, 0.05) is 12.7 Å². The number of aromatic amines is 1. The summed E-state index contributed by atoms with van der Waals surface area (Å²) in [4.78, 5) is 24.5. The van der Waals surface area contributed by atoms with Crippen LogP contribution in [0.5, 0.6) is 0 Å². The number of rotatable bonds is 7. The average molecular weight is 317 g/mol. The Hall–Kier alpha value is -1.87. The average Bonchev–Trinajstić information content (AvgIpc) is 2.85. The zero-order valence-electron chi connectivity index (χ0n) is 12.0. The van der Waals surface area contributed by atoms with Crippen molar-refractivity contribution in [1.82, 2.24) is 15.0 Å². The molecule has 0 aromatic carbocycles. The van der Waals surface area contributed by atoms with Gasteiger partial charge in [0.25, 0.3) is 0 Å². The van der Waals surface area contributed by atoms with Gasteiger partial charge in [-0.25, -0.2) is 13.2 Å². The van der Waals surface area contributed by atoms with Crippen LogP contribution < -0.4 is 10.0 Å². The molecule has 1 amide bonds. The van der Waals surface area contributed by atoms with Gasteiger partial charge in [0.2, 0.25) is 15.9 Å². The Bertz CT molecular complexity index is 621. The van der Waals surface area contributed by atoms with E-state index < -0.39 is 27.9 Å². The standard InChI is InChI=1S/C12H19N3O5S/c1-7(2)5-14-11(16)8(3)15-21(19,20)9-4-10(12(17)18)13-6-9/h4,6-8,13,15H,5H2,1-3H3,(H,14,16)(H,17,18). The highest BCUT2D eigenvalue weighted by Gasteiger charge is 2.23. The van der Waals surface area contributed by atoms with Crippen molar-refractivity contribution in [2.45, 2.75) is 31.7 Å². The van der Waals surface area contributed by atoms with Crippen molar-refractivity contribution < 1.29 is 23.1 Å². The Morgan fingerprint density at radius 3 is 2.43 bits per heavy atom. The summed E-state index contributed by atoms with van der Waals surface area (Å²) >= 11 is 0. The molecule has 21 heavy (non-hydrogen) atoms. The molecule has 0 aliphatic rings. The van der Waals surface area contributed by atoms with Gasteiger partial charge in [0.15, 0.2) is 0 Å². The predicted octanol–water partition coefficient (Wildman–Crippen LogP) is 0.152. The number of amides is 1. The molecule has 1 aromatic rings. The van der Waals surface area contributed by atoms with Gasteiger partial charge in [-0.1, -0.05) is 13.8 Å². The fourth-order valence-electron chi connectivity index (χ4n) is 1.47. The normalized spacial score (nSPS) is 13.1. The van der Waals surface area contributed by atoms with Gasteiger partial charge < -0.3 is 15.4 Å². The van der Waals surface area contributed by atoms with Crippen LogP contribution in [0.2, 0.25) is 0 Å². The van der Waals surface area contributed by atoms with Crippen molar-refractivity contribution in [3.63, 3.8) is 0 Å². The summed E-state index contributed by atoms with van der Waals surface area (Å²) < 4.78 is 26.2. The third-order valence-corrected chi connectivity index (χ3v) is 4.13. The maximum atomic E-state index is 12.0. The van der Waals surface area contributed by atoms with E-state index in [2.05, 4.69) is 15.0 Å². The van der Waals surface area contributed by atoms with Crippen LogP contribution in [0.4, 0.5) is 0 Å². The van der Waals surface area contributed by atoms with Crippen molar-refractivity contribution in [1.29, 1.82) is 0 Å². The third-order valence-electron chi connectivity index (χ3n) is 2.61. The molecule has 0 aliphatic carbocycles. The number of sulfonamides is 1. The van der Waals surface area contributed by atoms with Gasteiger partial charge in [-0.3, -0.25) is 4.79 Å². The quantitative estimate of drug-likeness (QED) is 0.569. The van der Waals surface area contributed by atoms with Crippen LogP contribution in [0.1, 0.15) is 31.3 Å². The van der Waals surface area contributed by atoms with E-state index in [1.54, 1.807) is 0 Å². The zero-order valence-corrected chi connectivity index (χ0v) is 12.8. The number of hydrogen-bond acceptors (Lipinski definition) is 4. The summed E-state index contributed by atoms with van der Waals surface area (Å²) in [5, 5.41) is 11.4. The maximum Gasteiger partial charge on any atom is 0.352 e. The second kappa shape index (κ2) is 6.72. The van der Waals surface area contributed by atoms with E-state index in [1.807, 2.05) is 13.8 Å². The lowest BCUT2D eigenvalue weighted by Gasteiger charge is -2.14. The van der Waals surface area contributed by atoms with Crippen LogP contribution in [0, 0.1) is 5.92 Å². The largest absolute Gasteiger partial charge is 0.477 e. The molecule has 0 saturated heterocycles. The number of hydrogen-bond donors (Lipinski definition) is 4. The van der Waals surface area contributed by atoms with E-state index in [9.17, 15) is 18.0 Å². The molecule has 1 heterocycles. The van der Waals surface area contributed by atoms with Crippen molar-refractivity contribution in [3.8, 4) is 0 Å². The molecule has 8 nitrogen and oxygen atoms in total. The molecular formula is C12H19N3O5S. The molecule has 0 bridgehead atoms. The fourth-order valence-corrected chi connectivity index (χ4v) is 2.66. The lowest BCUT2D eigenvalue weighted by atomic mass is 10.2. The molecule has 1 aromatic heterocycles. The second-order valence-corrected chi connectivity index (χ2v) is 6.75. The molecule has 0 saturated carbocycles. The first kappa shape index (κ1) is 17.2. The van der Waals surface area contributed by atoms with E-state index >= 15 is 0 Å². The van der Waals surface area contributed by atoms with Crippen LogP contribution in [0.15, 0.2) is 17.2 Å². The summed E-state index contributed by atoms with van der Waals surface area (Å²) in [7, 11) is -3.96. The van der Waals surface area contributed by atoms with Crippen LogP contribution in [-0.2, 0) is 14.8 Å². The highest BCUT2D eigenvalue weighted by molar-refractivity contribution is 7.89. The molecule has 0 aliphatic heterocycles. The molecular weight excluding hydrogens is 298 g/mol.